The van der Waals surface area contributed by atoms with Gasteiger partial charge in [-0.2, -0.15) is 0 Å². The highest BCUT2D eigenvalue weighted by Crippen LogP contribution is 2.38. The Kier molecular flexibility index (Phi) is 6.91. The van der Waals surface area contributed by atoms with Crippen LogP contribution in [0.3, 0.4) is 0 Å². The van der Waals surface area contributed by atoms with E-state index in [4.69, 9.17) is 23.4 Å². The van der Waals surface area contributed by atoms with Crippen LogP contribution in [-0.4, -0.2) is 40.3 Å². The zero-order valence-corrected chi connectivity index (χ0v) is 20.0. The number of fused-ring (bicyclic) bond motifs is 1. The summed E-state index contributed by atoms with van der Waals surface area (Å²) in [6.45, 7) is 0. The lowest BCUT2D eigenvalue weighted by molar-refractivity contribution is 0.0598. The van der Waals surface area contributed by atoms with Gasteiger partial charge in [-0.15, -0.1) is 0 Å². The van der Waals surface area contributed by atoms with Gasteiger partial charge >= 0.3 is 5.97 Å². The molecule has 3 aromatic carbocycles. The van der Waals surface area contributed by atoms with Crippen LogP contribution in [0.1, 0.15) is 20.7 Å². The lowest BCUT2D eigenvalue weighted by Gasteiger charge is -2.14. The van der Waals surface area contributed by atoms with E-state index in [1.807, 2.05) is 0 Å². The number of nitrogens with one attached hydrogen (secondary N) is 1. The Morgan fingerprint density at radius 1 is 0.833 bits per heavy atom. The van der Waals surface area contributed by atoms with E-state index in [1.165, 1.54) is 40.6 Å². The van der Waals surface area contributed by atoms with Gasteiger partial charge in [0.1, 0.15) is 5.58 Å². The van der Waals surface area contributed by atoms with Crippen LogP contribution in [-0.2, 0) is 4.74 Å². The highest BCUT2D eigenvalue weighted by atomic mass is 16.5. The number of hydrogen-bond acceptors (Lipinski definition) is 8. The SMILES string of the molecule is COC(=O)c1c(-c2ccc(NC(=O)c3cc(OC)c(OC)c(OC)c3)cc2)oc2ccccc2c1=O. The summed E-state index contributed by atoms with van der Waals surface area (Å²) < 4.78 is 26.6. The van der Waals surface area contributed by atoms with Crippen molar-refractivity contribution in [3.8, 4) is 28.6 Å². The van der Waals surface area contributed by atoms with Gasteiger partial charge in [-0.25, -0.2) is 4.79 Å². The third-order valence-electron chi connectivity index (χ3n) is 5.52. The minimum Gasteiger partial charge on any atom is -0.493 e. The molecule has 9 nitrogen and oxygen atoms in total. The molecular weight excluding hydrogens is 466 g/mol. The summed E-state index contributed by atoms with van der Waals surface area (Å²) in [5.41, 5.74) is 0.875. The van der Waals surface area contributed by atoms with Crippen molar-refractivity contribution in [3.05, 3.63) is 82.0 Å². The molecule has 0 saturated carbocycles. The fourth-order valence-corrected chi connectivity index (χ4v) is 3.75. The van der Waals surface area contributed by atoms with Gasteiger partial charge in [-0.1, -0.05) is 12.1 Å². The van der Waals surface area contributed by atoms with Gasteiger partial charge in [0.05, 0.1) is 33.8 Å². The van der Waals surface area contributed by atoms with Gasteiger partial charge in [-0.05, 0) is 48.5 Å². The maximum absolute atomic E-state index is 13.0. The third kappa shape index (κ3) is 4.46. The second-order valence-electron chi connectivity index (χ2n) is 7.57. The topological polar surface area (TPSA) is 113 Å². The van der Waals surface area contributed by atoms with Crippen molar-refractivity contribution in [2.45, 2.75) is 0 Å². The van der Waals surface area contributed by atoms with Crippen LogP contribution in [0.4, 0.5) is 5.69 Å². The molecule has 0 spiro atoms. The number of para-hydroxylation sites is 1. The molecule has 0 aliphatic carbocycles. The number of anilines is 1. The Morgan fingerprint density at radius 3 is 2.06 bits per heavy atom. The molecule has 4 rings (SSSR count). The number of esters is 1. The van der Waals surface area contributed by atoms with E-state index < -0.39 is 17.3 Å². The normalized spacial score (nSPS) is 10.6. The Balaban J connectivity index is 1.68. The minimum absolute atomic E-state index is 0.0769. The first-order valence-electron chi connectivity index (χ1n) is 10.8. The van der Waals surface area contributed by atoms with Crippen molar-refractivity contribution in [2.75, 3.05) is 33.8 Å². The minimum atomic E-state index is -0.802. The zero-order chi connectivity index (χ0) is 25.8. The molecule has 0 fully saturated rings. The lowest BCUT2D eigenvalue weighted by Crippen LogP contribution is -2.18. The van der Waals surface area contributed by atoms with Gasteiger partial charge in [0.15, 0.2) is 22.8 Å². The molecule has 184 valence electrons. The number of amides is 1. The van der Waals surface area contributed by atoms with Crippen molar-refractivity contribution >= 4 is 28.5 Å². The second-order valence-corrected chi connectivity index (χ2v) is 7.57. The second kappa shape index (κ2) is 10.2. The van der Waals surface area contributed by atoms with E-state index >= 15 is 0 Å². The molecule has 1 aromatic heterocycles. The molecule has 1 heterocycles. The highest BCUT2D eigenvalue weighted by molar-refractivity contribution is 6.05. The first-order chi connectivity index (χ1) is 17.4. The van der Waals surface area contributed by atoms with Gasteiger partial charge in [0, 0.05) is 16.8 Å². The number of methoxy groups -OCH3 is 4. The summed E-state index contributed by atoms with van der Waals surface area (Å²) >= 11 is 0. The first kappa shape index (κ1) is 24.3. The Labute approximate surface area is 206 Å². The molecule has 0 bridgehead atoms. The predicted molar refractivity (Wildman–Crippen MR) is 133 cm³/mol. The molecular formula is C27H23NO8. The molecule has 1 N–H and O–H groups in total. The summed E-state index contributed by atoms with van der Waals surface area (Å²) in [5, 5.41) is 3.07. The van der Waals surface area contributed by atoms with Gasteiger partial charge < -0.3 is 28.7 Å². The van der Waals surface area contributed by atoms with Crippen molar-refractivity contribution in [2.24, 2.45) is 0 Å². The quantitative estimate of drug-likeness (QED) is 0.377. The number of hydrogen-bond donors (Lipinski definition) is 1. The Bertz CT molecular complexity index is 1480. The van der Waals surface area contributed by atoms with Crippen LogP contribution in [0.5, 0.6) is 17.2 Å². The fraction of sp³-hybridized carbons (Fsp3) is 0.148. The van der Waals surface area contributed by atoms with E-state index in [0.29, 0.717) is 39.6 Å². The van der Waals surface area contributed by atoms with E-state index in [9.17, 15) is 14.4 Å². The lowest BCUT2D eigenvalue weighted by atomic mass is 10.0. The standard InChI is InChI=1S/C27H23NO8/c1-32-20-13-16(14-21(33-2)25(20)34-3)26(30)28-17-11-9-15(10-12-17)24-22(27(31)35-4)23(29)18-7-5-6-8-19(18)36-24/h5-14H,1-4H3,(H,28,30). The van der Waals surface area contributed by atoms with E-state index in [0.717, 1.165) is 0 Å². The molecule has 0 aliphatic rings. The summed E-state index contributed by atoms with van der Waals surface area (Å²) in [6, 6.07) is 16.2. The number of ether oxygens (including phenoxy) is 4. The fourth-order valence-electron chi connectivity index (χ4n) is 3.75. The Hall–Kier alpha value is -4.79. The molecule has 9 heteroatoms. The molecule has 4 aromatic rings. The average Bonchev–Trinajstić information content (AvgIpc) is 2.92. The summed E-state index contributed by atoms with van der Waals surface area (Å²) in [4.78, 5) is 38.3. The van der Waals surface area contributed by atoms with E-state index in [1.54, 1.807) is 48.5 Å². The van der Waals surface area contributed by atoms with Crippen LogP contribution >= 0.6 is 0 Å². The van der Waals surface area contributed by atoms with E-state index in [-0.39, 0.29) is 16.7 Å². The summed E-state index contributed by atoms with van der Waals surface area (Å²) in [5.74, 6) is -0.0657. The van der Waals surface area contributed by atoms with Crippen LogP contribution < -0.4 is 25.0 Å². The average molecular weight is 489 g/mol. The number of carbonyl (C=O) groups is 2. The maximum atomic E-state index is 13.0. The molecule has 0 saturated heterocycles. The van der Waals surface area contributed by atoms with Crippen molar-refractivity contribution in [1.82, 2.24) is 0 Å². The molecule has 36 heavy (non-hydrogen) atoms. The monoisotopic (exact) mass is 489 g/mol. The number of carbonyl (C=O) groups excluding carboxylic acids is 2. The number of benzene rings is 3. The number of rotatable bonds is 7. The van der Waals surface area contributed by atoms with Crippen LogP contribution in [0.25, 0.3) is 22.3 Å². The van der Waals surface area contributed by atoms with Gasteiger partial charge in [-0.3, -0.25) is 9.59 Å². The van der Waals surface area contributed by atoms with Gasteiger partial charge in [0.25, 0.3) is 5.91 Å². The van der Waals surface area contributed by atoms with Crippen LogP contribution in [0, 0.1) is 0 Å². The summed E-state index contributed by atoms with van der Waals surface area (Å²) in [7, 11) is 5.60. The predicted octanol–water partition coefficient (Wildman–Crippen LogP) is 4.52. The van der Waals surface area contributed by atoms with Crippen LogP contribution in [0.15, 0.2) is 69.9 Å². The molecule has 0 unspecified atom stereocenters. The van der Waals surface area contributed by atoms with Crippen LogP contribution in [0.2, 0.25) is 0 Å². The molecule has 0 radical (unpaired) electrons. The summed E-state index contributed by atoms with van der Waals surface area (Å²) in [6.07, 6.45) is 0. The van der Waals surface area contributed by atoms with Crippen molar-refractivity contribution in [3.63, 3.8) is 0 Å². The maximum Gasteiger partial charge on any atom is 0.345 e. The highest BCUT2D eigenvalue weighted by Gasteiger charge is 2.23. The molecule has 0 atom stereocenters. The Morgan fingerprint density at radius 2 is 1.47 bits per heavy atom. The molecule has 1 amide bonds. The smallest absolute Gasteiger partial charge is 0.345 e. The van der Waals surface area contributed by atoms with Crippen molar-refractivity contribution < 1.29 is 33.0 Å². The van der Waals surface area contributed by atoms with Crippen molar-refractivity contribution in [1.29, 1.82) is 0 Å². The van der Waals surface area contributed by atoms with E-state index in [2.05, 4.69) is 5.32 Å². The zero-order valence-electron chi connectivity index (χ0n) is 20.0. The molecule has 0 aliphatic heterocycles. The van der Waals surface area contributed by atoms with Gasteiger partial charge in [0.2, 0.25) is 11.2 Å². The first-order valence-corrected chi connectivity index (χ1v) is 10.8. The third-order valence-corrected chi connectivity index (χ3v) is 5.52. The largest absolute Gasteiger partial charge is 0.493 e.